The highest BCUT2D eigenvalue weighted by atomic mass is 16.1. The van der Waals surface area contributed by atoms with E-state index in [1.807, 2.05) is 6.07 Å². The second kappa shape index (κ2) is 5.11. The number of benzene rings is 1. The first-order valence-electron chi connectivity index (χ1n) is 6.89. The molecule has 1 saturated heterocycles. The normalized spacial score (nSPS) is 18.3. The first kappa shape index (κ1) is 13.7. The summed E-state index contributed by atoms with van der Waals surface area (Å²) in [4.78, 5) is 13.7. The summed E-state index contributed by atoms with van der Waals surface area (Å²) >= 11 is 0. The second-order valence-corrected chi connectivity index (χ2v) is 5.79. The lowest BCUT2D eigenvalue weighted by Crippen LogP contribution is -2.39. The molecule has 1 amide bonds. The van der Waals surface area contributed by atoms with Crippen LogP contribution in [0.1, 0.15) is 43.5 Å². The van der Waals surface area contributed by atoms with Crippen LogP contribution in [0.2, 0.25) is 0 Å². The number of carbonyl (C=O) groups is 1. The number of primary amides is 1. The Morgan fingerprint density at radius 1 is 1.37 bits per heavy atom. The Balaban J connectivity index is 2.24. The Morgan fingerprint density at radius 2 is 2.00 bits per heavy atom. The number of anilines is 2. The van der Waals surface area contributed by atoms with E-state index in [1.165, 1.54) is 6.42 Å². The number of hydrogen-bond donors (Lipinski definition) is 2. The average Bonchev–Trinajstić information content (AvgIpc) is 2.39. The van der Waals surface area contributed by atoms with Gasteiger partial charge in [-0.3, -0.25) is 4.79 Å². The number of piperidine rings is 1. The number of nitrogen functional groups attached to an aromatic ring is 1. The molecule has 1 aliphatic rings. The summed E-state index contributed by atoms with van der Waals surface area (Å²) in [6, 6.07) is 5.30. The molecule has 0 aliphatic carbocycles. The molecule has 2 rings (SSSR count). The summed E-state index contributed by atoms with van der Waals surface area (Å²) in [5.41, 5.74) is 13.8. The Hall–Kier alpha value is -1.71. The molecular formula is C15H23N3O. The van der Waals surface area contributed by atoms with Crippen molar-refractivity contribution in [1.29, 1.82) is 0 Å². The maximum atomic E-state index is 11.5. The maximum Gasteiger partial charge on any atom is 0.250 e. The molecule has 4 N–H and O–H groups in total. The van der Waals surface area contributed by atoms with Gasteiger partial charge in [0.15, 0.2) is 0 Å². The number of amides is 1. The van der Waals surface area contributed by atoms with E-state index in [4.69, 9.17) is 11.5 Å². The van der Waals surface area contributed by atoms with Gasteiger partial charge in [-0.2, -0.15) is 0 Å². The molecule has 4 nitrogen and oxygen atoms in total. The van der Waals surface area contributed by atoms with Crippen LogP contribution in [0.15, 0.2) is 18.2 Å². The fourth-order valence-electron chi connectivity index (χ4n) is 2.66. The van der Waals surface area contributed by atoms with Gasteiger partial charge in [-0.05, 0) is 36.5 Å². The van der Waals surface area contributed by atoms with Gasteiger partial charge < -0.3 is 16.4 Å². The number of nitrogens with zero attached hydrogens (tertiary/aromatic N) is 1. The molecule has 0 saturated carbocycles. The highest BCUT2D eigenvalue weighted by Gasteiger charge is 2.29. The van der Waals surface area contributed by atoms with Gasteiger partial charge in [-0.1, -0.05) is 20.3 Å². The van der Waals surface area contributed by atoms with Crippen molar-refractivity contribution in [2.24, 2.45) is 11.1 Å². The van der Waals surface area contributed by atoms with Gasteiger partial charge in [0.05, 0.1) is 11.3 Å². The van der Waals surface area contributed by atoms with Crippen LogP contribution < -0.4 is 16.4 Å². The minimum Gasteiger partial charge on any atom is -0.399 e. The van der Waals surface area contributed by atoms with Crippen molar-refractivity contribution in [3.8, 4) is 0 Å². The van der Waals surface area contributed by atoms with Gasteiger partial charge >= 0.3 is 0 Å². The summed E-state index contributed by atoms with van der Waals surface area (Å²) in [5, 5.41) is 0. The zero-order valence-corrected chi connectivity index (χ0v) is 11.8. The third-order valence-electron chi connectivity index (χ3n) is 4.45. The van der Waals surface area contributed by atoms with E-state index in [1.54, 1.807) is 12.1 Å². The zero-order chi connectivity index (χ0) is 14.0. The van der Waals surface area contributed by atoms with Gasteiger partial charge in [0, 0.05) is 18.8 Å². The van der Waals surface area contributed by atoms with Crippen molar-refractivity contribution in [2.45, 2.75) is 33.1 Å². The maximum absolute atomic E-state index is 11.5. The first-order chi connectivity index (χ1) is 8.95. The molecule has 0 bridgehead atoms. The monoisotopic (exact) mass is 261 g/mol. The molecular weight excluding hydrogens is 238 g/mol. The zero-order valence-electron chi connectivity index (χ0n) is 11.8. The van der Waals surface area contributed by atoms with Crippen LogP contribution in [0.25, 0.3) is 0 Å². The van der Waals surface area contributed by atoms with Crippen molar-refractivity contribution >= 4 is 17.3 Å². The van der Waals surface area contributed by atoms with Gasteiger partial charge in [0.1, 0.15) is 0 Å². The van der Waals surface area contributed by atoms with Crippen LogP contribution in [0, 0.1) is 5.41 Å². The van der Waals surface area contributed by atoms with Gasteiger partial charge in [-0.25, -0.2) is 0 Å². The fraction of sp³-hybridized carbons (Fsp3) is 0.533. The molecule has 0 unspecified atom stereocenters. The van der Waals surface area contributed by atoms with Crippen LogP contribution in [0.5, 0.6) is 0 Å². The second-order valence-electron chi connectivity index (χ2n) is 5.79. The highest BCUT2D eigenvalue weighted by Crippen LogP contribution is 2.36. The quantitative estimate of drug-likeness (QED) is 0.820. The molecule has 4 heteroatoms. The molecule has 0 atom stereocenters. The highest BCUT2D eigenvalue weighted by molar-refractivity contribution is 5.99. The minimum absolute atomic E-state index is 0.390. The molecule has 1 fully saturated rings. The Labute approximate surface area is 114 Å². The van der Waals surface area contributed by atoms with Crippen LogP contribution in [-0.4, -0.2) is 19.0 Å². The SMILES string of the molecule is CCC1(C)CCN(c2cc(N)ccc2C(N)=O)CC1. The topological polar surface area (TPSA) is 72.3 Å². The average molecular weight is 261 g/mol. The number of nitrogens with two attached hydrogens (primary N) is 2. The van der Waals surface area contributed by atoms with E-state index in [2.05, 4.69) is 18.7 Å². The first-order valence-corrected chi connectivity index (χ1v) is 6.89. The predicted octanol–water partition coefficient (Wildman–Crippen LogP) is 2.38. The van der Waals surface area contributed by atoms with Crippen LogP contribution in [-0.2, 0) is 0 Å². The summed E-state index contributed by atoms with van der Waals surface area (Å²) in [5.74, 6) is -0.390. The lowest BCUT2D eigenvalue weighted by atomic mass is 9.78. The molecule has 1 heterocycles. The van der Waals surface area contributed by atoms with Crippen molar-refractivity contribution in [1.82, 2.24) is 0 Å². The summed E-state index contributed by atoms with van der Waals surface area (Å²) in [6.07, 6.45) is 3.47. The van der Waals surface area contributed by atoms with Crippen molar-refractivity contribution in [3.05, 3.63) is 23.8 Å². The Bertz CT molecular complexity index is 476. The Morgan fingerprint density at radius 3 is 2.53 bits per heavy atom. The van der Waals surface area contributed by atoms with Crippen LogP contribution in [0.4, 0.5) is 11.4 Å². The molecule has 1 aromatic rings. The standard InChI is InChI=1S/C15H23N3O/c1-3-15(2)6-8-18(9-7-15)13-10-11(16)4-5-12(13)14(17)19/h4-5,10H,3,6-9,16H2,1-2H3,(H2,17,19). The van der Waals surface area contributed by atoms with E-state index in [9.17, 15) is 4.79 Å². The largest absolute Gasteiger partial charge is 0.399 e. The molecule has 104 valence electrons. The fourth-order valence-corrected chi connectivity index (χ4v) is 2.66. The number of carbonyl (C=O) groups excluding carboxylic acids is 1. The third kappa shape index (κ3) is 2.83. The summed E-state index contributed by atoms with van der Waals surface area (Å²) in [7, 11) is 0. The van der Waals surface area contributed by atoms with E-state index < -0.39 is 0 Å². The smallest absolute Gasteiger partial charge is 0.250 e. The van der Waals surface area contributed by atoms with Gasteiger partial charge in [-0.15, -0.1) is 0 Å². The molecule has 0 spiro atoms. The van der Waals surface area contributed by atoms with E-state index in [0.717, 1.165) is 31.6 Å². The lowest BCUT2D eigenvalue weighted by Gasteiger charge is -2.40. The molecule has 1 aromatic carbocycles. The minimum atomic E-state index is -0.390. The lowest BCUT2D eigenvalue weighted by molar-refractivity contribution is 0.100. The van der Waals surface area contributed by atoms with Crippen molar-refractivity contribution in [2.75, 3.05) is 23.7 Å². The van der Waals surface area contributed by atoms with Gasteiger partial charge in [0.25, 0.3) is 5.91 Å². The predicted molar refractivity (Wildman–Crippen MR) is 79.2 cm³/mol. The van der Waals surface area contributed by atoms with Crippen LogP contribution >= 0.6 is 0 Å². The van der Waals surface area contributed by atoms with Crippen LogP contribution in [0.3, 0.4) is 0 Å². The molecule has 19 heavy (non-hydrogen) atoms. The van der Waals surface area contributed by atoms with Gasteiger partial charge in [0.2, 0.25) is 0 Å². The van der Waals surface area contributed by atoms with E-state index in [-0.39, 0.29) is 5.91 Å². The van der Waals surface area contributed by atoms with Crippen molar-refractivity contribution < 1.29 is 4.79 Å². The molecule has 0 radical (unpaired) electrons. The summed E-state index contributed by atoms with van der Waals surface area (Å²) in [6.45, 7) is 6.48. The number of rotatable bonds is 3. The summed E-state index contributed by atoms with van der Waals surface area (Å²) < 4.78 is 0. The van der Waals surface area contributed by atoms with E-state index in [0.29, 0.717) is 16.7 Å². The van der Waals surface area contributed by atoms with Crippen molar-refractivity contribution in [3.63, 3.8) is 0 Å². The number of hydrogen-bond acceptors (Lipinski definition) is 3. The Kier molecular flexibility index (Phi) is 3.69. The molecule has 0 aromatic heterocycles. The third-order valence-corrected chi connectivity index (χ3v) is 4.45. The van der Waals surface area contributed by atoms with E-state index >= 15 is 0 Å². The molecule has 1 aliphatic heterocycles.